The van der Waals surface area contributed by atoms with Gasteiger partial charge < -0.3 is 5.32 Å². The number of halogens is 1. The van der Waals surface area contributed by atoms with E-state index in [1.807, 2.05) is 30.3 Å². The van der Waals surface area contributed by atoms with Crippen molar-refractivity contribution < 1.29 is 4.79 Å². The molecule has 0 heterocycles. The molecular weight excluding hydrogens is 234 g/mol. The quantitative estimate of drug-likeness (QED) is 0.814. The highest BCUT2D eigenvalue weighted by Gasteiger charge is 2.22. The summed E-state index contributed by atoms with van der Waals surface area (Å²) in [5.41, 5.74) is 0.871. The maximum absolute atomic E-state index is 11.8. The van der Waals surface area contributed by atoms with Crippen LogP contribution in [0.4, 0.5) is 5.69 Å². The highest BCUT2D eigenvalue weighted by atomic mass is 35.5. The summed E-state index contributed by atoms with van der Waals surface area (Å²) < 4.78 is 0. The maximum atomic E-state index is 11.8. The normalized spacial score (nSPS) is 24.3. The van der Waals surface area contributed by atoms with Crippen LogP contribution >= 0.6 is 11.6 Å². The van der Waals surface area contributed by atoms with Gasteiger partial charge in [0, 0.05) is 17.5 Å². The summed E-state index contributed by atoms with van der Waals surface area (Å²) in [6, 6.07) is 9.59. The molecular formula is C14H18ClNO. The Morgan fingerprint density at radius 2 is 2.06 bits per heavy atom. The number of benzene rings is 1. The Kier molecular flexibility index (Phi) is 4.43. The molecule has 0 spiro atoms. The van der Waals surface area contributed by atoms with E-state index >= 15 is 0 Å². The molecule has 1 aromatic rings. The lowest BCUT2D eigenvalue weighted by Crippen LogP contribution is -2.22. The Balaban J connectivity index is 1.81. The molecule has 17 heavy (non-hydrogen) atoms. The second-order valence-electron chi connectivity index (χ2n) is 4.75. The first-order valence-corrected chi connectivity index (χ1v) is 6.66. The molecule has 2 unspecified atom stereocenters. The average molecular weight is 252 g/mol. The Bertz CT molecular complexity index is 366. The van der Waals surface area contributed by atoms with Crippen LogP contribution in [0.15, 0.2) is 30.3 Å². The Hall–Kier alpha value is -1.02. The first-order valence-electron chi connectivity index (χ1n) is 6.23. The largest absolute Gasteiger partial charge is 0.326 e. The predicted octanol–water partition coefficient (Wildman–Crippen LogP) is 3.81. The SMILES string of the molecule is O=C(CC1CCCC(Cl)C1)Nc1ccccc1. The molecule has 1 fully saturated rings. The number of para-hydroxylation sites is 1. The van der Waals surface area contributed by atoms with Gasteiger partial charge in [0.1, 0.15) is 0 Å². The predicted molar refractivity (Wildman–Crippen MR) is 71.3 cm³/mol. The molecule has 2 nitrogen and oxygen atoms in total. The molecule has 0 bridgehead atoms. The average Bonchev–Trinajstić information content (AvgIpc) is 2.30. The summed E-state index contributed by atoms with van der Waals surface area (Å²) in [5, 5.41) is 3.18. The third-order valence-corrected chi connectivity index (χ3v) is 3.65. The minimum Gasteiger partial charge on any atom is -0.326 e. The molecule has 1 aliphatic rings. The van der Waals surface area contributed by atoms with E-state index in [0.29, 0.717) is 12.3 Å². The molecule has 1 saturated carbocycles. The van der Waals surface area contributed by atoms with E-state index in [-0.39, 0.29) is 11.3 Å². The summed E-state index contributed by atoms with van der Waals surface area (Å²) in [4.78, 5) is 11.8. The molecule has 92 valence electrons. The van der Waals surface area contributed by atoms with Crippen molar-refractivity contribution in [2.24, 2.45) is 5.92 Å². The van der Waals surface area contributed by atoms with Gasteiger partial charge in [-0.15, -0.1) is 11.6 Å². The molecule has 2 atom stereocenters. The van der Waals surface area contributed by atoms with Crippen molar-refractivity contribution in [1.82, 2.24) is 0 Å². The van der Waals surface area contributed by atoms with Gasteiger partial charge in [-0.1, -0.05) is 24.6 Å². The molecule has 1 aliphatic carbocycles. The summed E-state index contributed by atoms with van der Waals surface area (Å²) in [6.07, 6.45) is 4.95. The lowest BCUT2D eigenvalue weighted by atomic mass is 9.86. The number of amides is 1. The third-order valence-electron chi connectivity index (χ3n) is 3.25. The second kappa shape index (κ2) is 6.06. The van der Waals surface area contributed by atoms with Crippen molar-refractivity contribution in [2.45, 2.75) is 37.5 Å². The fourth-order valence-corrected chi connectivity index (χ4v) is 2.81. The van der Waals surface area contributed by atoms with Gasteiger partial charge in [0.15, 0.2) is 0 Å². The Morgan fingerprint density at radius 3 is 2.76 bits per heavy atom. The van der Waals surface area contributed by atoms with E-state index in [1.54, 1.807) is 0 Å². The van der Waals surface area contributed by atoms with E-state index in [4.69, 9.17) is 11.6 Å². The van der Waals surface area contributed by atoms with Crippen LogP contribution in [0.2, 0.25) is 0 Å². The third kappa shape index (κ3) is 4.04. The molecule has 0 aliphatic heterocycles. The van der Waals surface area contributed by atoms with Crippen molar-refractivity contribution in [2.75, 3.05) is 5.32 Å². The smallest absolute Gasteiger partial charge is 0.224 e. The zero-order chi connectivity index (χ0) is 12.1. The molecule has 1 aromatic carbocycles. The lowest BCUT2D eigenvalue weighted by molar-refractivity contribution is -0.117. The Morgan fingerprint density at radius 1 is 1.29 bits per heavy atom. The van der Waals surface area contributed by atoms with E-state index < -0.39 is 0 Å². The number of rotatable bonds is 3. The van der Waals surface area contributed by atoms with Crippen molar-refractivity contribution in [1.29, 1.82) is 0 Å². The zero-order valence-electron chi connectivity index (χ0n) is 9.86. The molecule has 0 aromatic heterocycles. The van der Waals surface area contributed by atoms with Crippen LogP contribution < -0.4 is 5.32 Å². The molecule has 2 rings (SSSR count). The number of nitrogens with one attached hydrogen (secondary N) is 1. The minimum absolute atomic E-state index is 0.104. The van der Waals surface area contributed by atoms with Gasteiger partial charge in [0.25, 0.3) is 0 Å². The van der Waals surface area contributed by atoms with Crippen LogP contribution in [-0.2, 0) is 4.79 Å². The van der Waals surface area contributed by atoms with Crippen LogP contribution in [0, 0.1) is 5.92 Å². The van der Waals surface area contributed by atoms with Crippen LogP contribution in [-0.4, -0.2) is 11.3 Å². The summed E-state index contributed by atoms with van der Waals surface area (Å²) in [6.45, 7) is 0. The second-order valence-corrected chi connectivity index (χ2v) is 5.37. The number of hydrogen-bond donors (Lipinski definition) is 1. The van der Waals surface area contributed by atoms with E-state index in [9.17, 15) is 4.79 Å². The van der Waals surface area contributed by atoms with Crippen LogP contribution in [0.25, 0.3) is 0 Å². The number of carbonyl (C=O) groups excluding carboxylic acids is 1. The molecule has 1 amide bonds. The van der Waals surface area contributed by atoms with Crippen LogP contribution in [0.1, 0.15) is 32.1 Å². The number of carbonyl (C=O) groups is 1. The van der Waals surface area contributed by atoms with Crippen molar-refractivity contribution in [3.05, 3.63) is 30.3 Å². The van der Waals surface area contributed by atoms with Gasteiger partial charge in [-0.05, 0) is 37.3 Å². The summed E-state index contributed by atoms with van der Waals surface area (Å²) in [7, 11) is 0. The highest BCUT2D eigenvalue weighted by molar-refractivity contribution is 6.20. The van der Waals surface area contributed by atoms with Gasteiger partial charge >= 0.3 is 0 Å². The maximum Gasteiger partial charge on any atom is 0.224 e. The lowest BCUT2D eigenvalue weighted by Gasteiger charge is -2.24. The number of hydrogen-bond acceptors (Lipinski definition) is 1. The molecule has 1 N–H and O–H groups in total. The van der Waals surface area contributed by atoms with Gasteiger partial charge in [0.05, 0.1) is 0 Å². The summed E-state index contributed by atoms with van der Waals surface area (Å²) >= 11 is 6.12. The van der Waals surface area contributed by atoms with Crippen molar-refractivity contribution in [3.63, 3.8) is 0 Å². The van der Waals surface area contributed by atoms with E-state index in [2.05, 4.69) is 5.32 Å². The van der Waals surface area contributed by atoms with E-state index in [0.717, 1.165) is 31.4 Å². The van der Waals surface area contributed by atoms with Crippen molar-refractivity contribution in [3.8, 4) is 0 Å². The molecule has 3 heteroatoms. The fourth-order valence-electron chi connectivity index (χ4n) is 2.41. The topological polar surface area (TPSA) is 29.1 Å². The van der Waals surface area contributed by atoms with Crippen LogP contribution in [0.5, 0.6) is 0 Å². The first-order chi connectivity index (χ1) is 8.24. The minimum atomic E-state index is 0.104. The van der Waals surface area contributed by atoms with Gasteiger partial charge in [-0.3, -0.25) is 4.79 Å². The zero-order valence-corrected chi connectivity index (χ0v) is 10.6. The van der Waals surface area contributed by atoms with Gasteiger partial charge in [-0.25, -0.2) is 0 Å². The summed E-state index contributed by atoms with van der Waals surface area (Å²) in [5.74, 6) is 0.557. The monoisotopic (exact) mass is 251 g/mol. The number of anilines is 1. The Labute approximate surface area is 107 Å². The molecule has 0 radical (unpaired) electrons. The van der Waals surface area contributed by atoms with Gasteiger partial charge in [-0.2, -0.15) is 0 Å². The number of alkyl halides is 1. The van der Waals surface area contributed by atoms with E-state index in [1.165, 1.54) is 0 Å². The van der Waals surface area contributed by atoms with Crippen molar-refractivity contribution >= 4 is 23.2 Å². The first kappa shape index (κ1) is 12.4. The highest BCUT2D eigenvalue weighted by Crippen LogP contribution is 2.30. The standard InChI is InChI=1S/C14H18ClNO/c15-12-6-4-5-11(9-12)10-14(17)16-13-7-2-1-3-8-13/h1-3,7-8,11-12H,4-6,9-10H2,(H,16,17). The fraction of sp³-hybridized carbons (Fsp3) is 0.500. The van der Waals surface area contributed by atoms with Gasteiger partial charge in [0.2, 0.25) is 5.91 Å². The molecule has 0 saturated heterocycles. The van der Waals surface area contributed by atoms with Crippen LogP contribution in [0.3, 0.4) is 0 Å².